The first-order valence-corrected chi connectivity index (χ1v) is 6.45. The van der Waals surface area contributed by atoms with Crippen molar-refractivity contribution < 1.29 is 4.79 Å². The van der Waals surface area contributed by atoms with Gasteiger partial charge < -0.3 is 11.1 Å². The molecule has 4 nitrogen and oxygen atoms in total. The summed E-state index contributed by atoms with van der Waals surface area (Å²) in [6.07, 6.45) is 0.834. The number of nitrogens with two attached hydrogens (primary N) is 1. The lowest BCUT2D eigenvalue weighted by Crippen LogP contribution is -2.24. The van der Waals surface area contributed by atoms with Gasteiger partial charge in [-0.15, -0.1) is 0 Å². The normalized spacial score (nSPS) is 10.1. The van der Waals surface area contributed by atoms with E-state index in [0.29, 0.717) is 16.9 Å². The summed E-state index contributed by atoms with van der Waals surface area (Å²) in [7, 11) is 0. The Hall–Kier alpha value is -2.62. The van der Waals surface area contributed by atoms with Crippen LogP contribution in [-0.4, -0.2) is 11.6 Å². The molecule has 0 radical (unpaired) electrons. The lowest BCUT2D eigenvalue weighted by molar-refractivity contribution is -0.110. The van der Waals surface area contributed by atoms with Gasteiger partial charge in [0.05, 0.1) is 0 Å². The van der Waals surface area contributed by atoms with Gasteiger partial charge in [-0.25, -0.2) is 0 Å². The van der Waals surface area contributed by atoms with Crippen LogP contribution < -0.4 is 11.1 Å². The second kappa shape index (κ2) is 6.02. The summed E-state index contributed by atoms with van der Waals surface area (Å²) in [5.74, 6) is -0.462. The molecule has 0 saturated carbocycles. The molecule has 0 saturated heterocycles. The van der Waals surface area contributed by atoms with Gasteiger partial charge in [-0.2, -0.15) is 0 Å². The number of benzene rings is 2. The molecule has 2 aromatic rings. The van der Waals surface area contributed by atoms with Gasteiger partial charge in [0.25, 0.3) is 5.91 Å². The molecule has 0 bridgehead atoms. The van der Waals surface area contributed by atoms with Crippen LogP contribution in [-0.2, 0) is 11.2 Å². The summed E-state index contributed by atoms with van der Waals surface area (Å²) in [5, 5.41) is 10.7. The lowest BCUT2D eigenvalue weighted by Gasteiger charge is -2.10. The molecule has 0 unspecified atom stereocenters. The van der Waals surface area contributed by atoms with Crippen molar-refractivity contribution in [1.82, 2.24) is 0 Å². The van der Waals surface area contributed by atoms with Crippen molar-refractivity contribution in [3.8, 4) is 0 Å². The molecule has 0 fully saturated rings. The number of para-hydroxylation sites is 1. The topological polar surface area (TPSA) is 79.0 Å². The zero-order valence-corrected chi connectivity index (χ0v) is 11.3. The molecule has 2 rings (SSSR count). The van der Waals surface area contributed by atoms with E-state index in [-0.39, 0.29) is 5.71 Å². The van der Waals surface area contributed by atoms with E-state index in [9.17, 15) is 4.79 Å². The maximum atomic E-state index is 12.1. The van der Waals surface area contributed by atoms with Crippen LogP contribution in [0.2, 0.25) is 0 Å². The first kappa shape index (κ1) is 13.8. The van der Waals surface area contributed by atoms with Crippen molar-refractivity contribution in [2.75, 3.05) is 11.1 Å². The van der Waals surface area contributed by atoms with E-state index < -0.39 is 5.91 Å². The van der Waals surface area contributed by atoms with Crippen molar-refractivity contribution in [2.24, 2.45) is 0 Å². The predicted octanol–water partition coefficient (Wildman–Crippen LogP) is 2.84. The first-order chi connectivity index (χ1) is 9.61. The van der Waals surface area contributed by atoms with Gasteiger partial charge >= 0.3 is 0 Å². The van der Waals surface area contributed by atoms with Crippen LogP contribution in [0.4, 0.5) is 11.4 Å². The Kier molecular flexibility index (Phi) is 4.15. The second-order valence-corrected chi connectivity index (χ2v) is 4.47. The molecular formula is C16H17N3O. The fourth-order valence-corrected chi connectivity index (χ4v) is 1.88. The molecule has 0 aliphatic rings. The van der Waals surface area contributed by atoms with Gasteiger partial charge in [0, 0.05) is 16.9 Å². The molecule has 20 heavy (non-hydrogen) atoms. The molecule has 2 aromatic carbocycles. The highest BCUT2D eigenvalue weighted by Gasteiger charge is 2.15. The molecule has 0 spiro atoms. The number of rotatable bonds is 4. The monoisotopic (exact) mass is 267 g/mol. The van der Waals surface area contributed by atoms with E-state index >= 15 is 0 Å². The zero-order chi connectivity index (χ0) is 14.5. The van der Waals surface area contributed by atoms with Gasteiger partial charge in [-0.05, 0) is 36.2 Å². The molecule has 4 heteroatoms. The van der Waals surface area contributed by atoms with Gasteiger partial charge in [-0.3, -0.25) is 10.2 Å². The molecule has 102 valence electrons. The summed E-state index contributed by atoms with van der Waals surface area (Å²) in [6.45, 7) is 2.02. The molecule has 0 aliphatic heterocycles. The van der Waals surface area contributed by atoms with Gasteiger partial charge in [0.2, 0.25) is 0 Å². The van der Waals surface area contributed by atoms with Gasteiger partial charge in [-0.1, -0.05) is 31.2 Å². The Morgan fingerprint density at radius 1 is 1.20 bits per heavy atom. The number of amides is 1. The Morgan fingerprint density at radius 2 is 1.90 bits per heavy atom. The number of hydrogen-bond donors (Lipinski definition) is 3. The zero-order valence-electron chi connectivity index (χ0n) is 11.3. The van der Waals surface area contributed by atoms with E-state index in [1.807, 2.05) is 31.2 Å². The third-order valence-electron chi connectivity index (χ3n) is 3.05. The van der Waals surface area contributed by atoms with Crippen molar-refractivity contribution in [3.63, 3.8) is 0 Å². The number of anilines is 2. The SMILES string of the molecule is CCc1ccc(N)c(C(=N)C(=O)Nc2ccccc2)c1. The Bertz CT molecular complexity index is 635. The summed E-state index contributed by atoms with van der Waals surface area (Å²) in [5.41, 5.74) is 8.35. The summed E-state index contributed by atoms with van der Waals surface area (Å²) >= 11 is 0. The van der Waals surface area contributed by atoms with E-state index in [2.05, 4.69) is 5.32 Å². The minimum Gasteiger partial charge on any atom is -0.398 e. The molecule has 1 amide bonds. The van der Waals surface area contributed by atoms with Crippen molar-refractivity contribution in [2.45, 2.75) is 13.3 Å². The molecule has 0 aromatic heterocycles. The molecule has 0 heterocycles. The quantitative estimate of drug-likeness (QED) is 0.588. The average Bonchev–Trinajstić information content (AvgIpc) is 2.48. The lowest BCUT2D eigenvalue weighted by atomic mass is 10.0. The maximum absolute atomic E-state index is 12.1. The summed E-state index contributed by atoms with van der Waals surface area (Å²) in [4.78, 5) is 12.1. The van der Waals surface area contributed by atoms with Gasteiger partial charge in [0.1, 0.15) is 5.71 Å². The number of aryl methyl sites for hydroxylation is 1. The Balaban J connectivity index is 2.21. The van der Waals surface area contributed by atoms with Crippen molar-refractivity contribution in [1.29, 1.82) is 5.41 Å². The minimum absolute atomic E-state index is 0.123. The van der Waals surface area contributed by atoms with Crippen molar-refractivity contribution in [3.05, 3.63) is 59.7 Å². The first-order valence-electron chi connectivity index (χ1n) is 6.45. The number of nitrogen functional groups attached to an aromatic ring is 1. The number of nitrogens with one attached hydrogen (secondary N) is 2. The summed E-state index contributed by atoms with van der Waals surface area (Å²) in [6, 6.07) is 14.5. The van der Waals surface area contributed by atoms with E-state index in [4.69, 9.17) is 11.1 Å². The van der Waals surface area contributed by atoms with E-state index in [1.165, 1.54) is 0 Å². The third-order valence-corrected chi connectivity index (χ3v) is 3.05. The van der Waals surface area contributed by atoms with Crippen LogP contribution in [0.15, 0.2) is 48.5 Å². The number of carbonyl (C=O) groups is 1. The van der Waals surface area contributed by atoms with Crippen LogP contribution in [0.25, 0.3) is 0 Å². The van der Waals surface area contributed by atoms with Crippen molar-refractivity contribution >= 4 is 23.0 Å². The molecule has 0 atom stereocenters. The molecular weight excluding hydrogens is 250 g/mol. The van der Waals surface area contributed by atoms with Crippen LogP contribution in [0.5, 0.6) is 0 Å². The van der Waals surface area contributed by atoms with Crippen LogP contribution >= 0.6 is 0 Å². The third kappa shape index (κ3) is 3.03. The van der Waals surface area contributed by atoms with Gasteiger partial charge in [0.15, 0.2) is 0 Å². The fraction of sp³-hybridized carbons (Fsp3) is 0.125. The average molecular weight is 267 g/mol. The van der Waals surface area contributed by atoms with Crippen LogP contribution in [0.1, 0.15) is 18.1 Å². The highest BCUT2D eigenvalue weighted by molar-refractivity contribution is 6.48. The van der Waals surface area contributed by atoms with E-state index in [1.54, 1.807) is 24.3 Å². The second-order valence-electron chi connectivity index (χ2n) is 4.47. The Morgan fingerprint density at radius 3 is 2.55 bits per heavy atom. The standard InChI is InChI=1S/C16H17N3O/c1-2-11-8-9-14(17)13(10-11)15(18)16(20)19-12-6-4-3-5-7-12/h3-10,18H,2,17H2,1H3,(H,19,20). The fourth-order valence-electron chi connectivity index (χ4n) is 1.88. The number of carbonyl (C=O) groups excluding carboxylic acids is 1. The highest BCUT2D eigenvalue weighted by Crippen LogP contribution is 2.16. The predicted molar refractivity (Wildman–Crippen MR) is 82.1 cm³/mol. The molecule has 0 aliphatic carbocycles. The van der Waals surface area contributed by atoms with E-state index in [0.717, 1.165) is 12.0 Å². The smallest absolute Gasteiger partial charge is 0.274 e. The molecule has 4 N–H and O–H groups in total. The van der Waals surface area contributed by atoms with Crippen LogP contribution in [0.3, 0.4) is 0 Å². The Labute approximate surface area is 118 Å². The summed E-state index contributed by atoms with van der Waals surface area (Å²) < 4.78 is 0. The largest absolute Gasteiger partial charge is 0.398 e. The highest BCUT2D eigenvalue weighted by atomic mass is 16.1. The van der Waals surface area contributed by atoms with Crippen LogP contribution in [0, 0.1) is 5.41 Å². The number of hydrogen-bond acceptors (Lipinski definition) is 3. The minimum atomic E-state index is -0.462. The maximum Gasteiger partial charge on any atom is 0.274 e.